The van der Waals surface area contributed by atoms with Crippen LogP contribution in [0.15, 0.2) is 35.1 Å². The summed E-state index contributed by atoms with van der Waals surface area (Å²) in [4.78, 5) is 42.6. The Balaban J connectivity index is 1.68. The summed E-state index contributed by atoms with van der Waals surface area (Å²) >= 11 is 5.72. The topological polar surface area (TPSA) is 73.5 Å². The molecule has 6 nitrogen and oxygen atoms in total. The molecule has 1 N–H and O–H groups in total. The fourth-order valence-electron chi connectivity index (χ4n) is 3.04. The number of amides is 2. The van der Waals surface area contributed by atoms with Crippen molar-refractivity contribution < 1.29 is 14.0 Å². The molecule has 0 saturated carbocycles. The summed E-state index contributed by atoms with van der Waals surface area (Å²) < 4.78 is 14.0. The molecule has 1 aromatic carbocycles. The maximum atomic E-state index is 14.0. The normalized spacial score (nSPS) is 14.3. The lowest BCUT2D eigenvalue weighted by Gasteiger charge is -2.35. The van der Waals surface area contributed by atoms with Gasteiger partial charge in [-0.05, 0) is 30.7 Å². The lowest BCUT2D eigenvalue weighted by atomic mass is 10.1. The zero-order valence-electron chi connectivity index (χ0n) is 14.8. The van der Waals surface area contributed by atoms with Gasteiger partial charge >= 0.3 is 0 Å². The van der Waals surface area contributed by atoms with Crippen molar-refractivity contribution in [3.8, 4) is 0 Å². The van der Waals surface area contributed by atoms with E-state index in [1.807, 2.05) is 6.92 Å². The second kappa shape index (κ2) is 7.92. The zero-order chi connectivity index (χ0) is 19.6. The molecule has 1 aliphatic rings. The summed E-state index contributed by atoms with van der Waals surface area (Å²) in [5.74, 6) is -1.34. The van der Waals surface area contributed by atoms with Gasteiger partial charge in [0.25, 0.3) is 11.8 Å². The second-order valence-corrected chi connectivity index (χ2v) is 6.76. The quantitative estimate of drug-likeness (QED) is 0.872. The summed E-state index contributed by atoms with van der Waals surface area (Å²) in [7, 11) is 0. The van der Waals surface area contributed by atoms with Crippen LogP contribution in [0.5, 0.6) is 0 Å². The van der Waals surface area contributed by atoms with Crippen LogP contribution in [0.25, 0.3) is 0 Å². The van der Waals surface area contributed by atoms with E-state index < -0.39 is 11.7 Å². The summed E-state index contributed by atoms with van der Waals surface area (Å²) in [6, 6.07) is 6.88. The third kappa shape index (κ3) is 4.19. The highest BCUT2D eigenvalue weighted by Gasteiger charge is 2.27. The van der Waals surface area contributed by atoms with E-state index in [1.165, 1.54) is 23.1 Å². The fourth-order valence-corrected chi connectivity index (χ4v) is 3.20. The Morgan fingerprint density at radius 3 is 2.30 bits per heavy atom. The van der Waals surface area contributed by atoms with Gasteiger partial charge in [-0.3, -0.25) is 14.4 Å². The smallest absolute Gasteiger partial charge is 0.256 e. The number of nitrogens with zero attached hydrogens (tertiary/aromatic N) is 2. The van der Waals surface area contributed by atoms with Crippen LogP contribution < -0.4 is 5.56 Å². The molecule has 0 spiro atoms. The molecule has 0 unspecified atom stereocenters. The number of piperazine rings is 1. The Morgan fingerprint density at radius 1 is 1.07 bits per heavy atom. The van der Waals surface area contributed by atoms with Crippen molar-refractivity contribution in [2.45, 2.75) is 13.3 Å². The number of carbonyl (C=O) groups excluding carboxylic acids is 2. The number of pyridine rings is 1. The number of benzene rings is 1. The number of hydrogen-bond acceptors (Lipinski definition) is 3. The first-order valence-electron chi connectivity index (χ1n) is 8.66. The third-order valence-electron chi connectivity index (χ3n) is 4.54. The number of aromatic amines is 1. The number of nitrogens with one attached hydrogen (secondary N) is 1. The number of aryl methyl sites for hydroxylation is 1. The lowest BCUT2D eigenvalue weighted by Crippen LogP contribution is -2.50. The summed E-state index contributed by atoms with van der Waals surface area (Å²) in [5.41, 5.74) is 0.670. The summed E-state index contributed by atoms with van der Waals surface area (Å²) in [6.45, 7) is 3.09. The molecule has 1 saturated heterocycles. The van der Waals surface area contributed by atoms with E-state index in [0.29, 0.717) is 30.8 Å². The average molecular weight is 392 g/mol. The van der Waals surface area contributed by atoms with Crippen LogP contribution in [-0.2, 0) is 6.42 Å². The van der Waals surface area contributed by atoms with E-state index in [-0.39, 0.29) is 35.1 Å². The minimum absolute atomic E-state index is 0.0404. The van der Waals surface area contributed by atoms with Crippen molar-refractivity contribution in [1.29, 1.82) is 0 Å². The van der Waals surface area contributed by atoms with E-state index in [2.05, 4.69) is 4.98 Å². The molecule has 0 aliphatic carbocycles. The molecule has 27 heavy (non-hydrogen) atoms. The van der Waals surface area contributed by atoms with Crippen LogP contribution in [0.1, 0.15) is 33.3 Å². The standard InChI is InChI=1S/C19H19ClFN3O3/c1-2-14-9-12(10-17(25)22-14)18(26)23-5-7-24(8-6-23)19(27)15-4-3-13(20)11-16(15)21/h3-4,9-11H,2,5-8H2,1H3,(H,22,25). The van der Waals surface area contributed by atoms with Gasteiger partial charge in [-0.2, -0.15) is 0 Å². The monoisotopic (exact) mass is 391 g/mol. The van der Waals surface area contributed by atoms with Gasteiger partial charge in [-0.1, -0.05) is 18.5 Å². The number of H-pyrrole nitrogens is 1. The Morgan fingerprint density at radius 2 is 1.70 bits per heavy atom. The van der Waals surface area contributed by atoms with E-state index in [4.69, 9.17) is 11.6 Å². The van der Waals surface area contributed by atoms with Gasteiger partial charge in [0.2, 0.25) is 5.56 Å². The molecule has 2 aromatic rings. The van der Waals surface area contributed by atoms with Crippen molar-refractivity contribution in [2.24, 2.45) is 0 Å². The largest absolute Gasteiger partial charge is 0.335 e. The highest BCUT2D eigenvalue weighted by Crippen LogP contribution is 2.18. The van der Waals surface area contributed by atoms with Gasteiger partial charge in [0.1, 0.15) is 5.82 Å². The lowest BCUT2D eigenvalue weighted by molar-refractivity contribution is 0.0532. The van der Waals surface area contributed by atoms with Gasteiger partial charge in [-0.25, -0.2) is 4.39 Å². The van der Waals surface area contributed by atoms with E-state index >= 15 is 0 Å². The molecule has 0 bridgehead atoms. The zero-order valence-corrected chi connectivity index (χ0v) is 15.6. The van der Waals surface area contributed by atoms with Crippen LogP contribution >= 0.6 is 11.6 Å². The minimum atomic E-state index is -0.665. The molecule has 1 fully saturated rings. The van der Waals surface area contributed by atoms with Crippen molar-refractivity contribution in [3.05, 3.63) is 68.3 Å². The fraction of sp³-hybridized carbons (Fsp3) is 0.316. The molecule has 2 amide bonds. The third-order valence-corrected chi connectivity index (χ3v) is 4.78. The summed E-state index contributed by atoms with van der Waals surface area (Å²) in [6.07, 6.45) is 0.616. The van der Waals surface area contributed by atoms with Crippen LogP contribution in [-0.4, -0.2) is 52.8 Å². The molecule has 8 heteroatoms. The molecule has 142 valence electrons. The predicted octanol–water partition coefficient (Wildman–Crippen LogP) is 2.33. The number of halogens is 2. The van der Waals surface area contributed by atoms with Gasteiger partial charge in [0.05, 0.1) is 5.56 Å². The van der Waals surface area contributed by atoms with E-state index in [9.17, 15) is 18.8 Å². The Labute approximate surface area is 160 Å². The van der Waals surface area contributed by atoms with Crippen molar-refractivity contribution >= 4 is 23.4 Å². The van der Waals surface area contributed by atoms with Crippen LogP contribution in [0.4, 0.5) is 4.39 Å². The molecule has 2 heterocycles. The van der Waals surface area contributed by atoms with Crippen molar-refractivity contribution in [1.82, 2.24) is 14.8 Å². The molecule has 3 rings (SSSR count). The van der Waals surface area contributed by atoms with E-state index in [1.54, 1.807) is 11.0 Å². The van der Waals surface area contributed by atoms with Crippen molar-refractivity contribution in [3.63, 3.8) is 0 Å². The molecule has 1 aliphatic heterocycles. The number of hydrogen-bond donors (Lipinski definition) is 1. The van der Waals surface area contributed by atoms with Crippen LogP contribution in [0.2, 0.25) is 5.02 Å². The highest BCUT2D eigenvalue weighted by molar-refractivity contribution is 6.30. The Kier molecular flexibility index (Phi) is 5.60. The molecule has 0 atom stereocenters. The first-order chi connectivity index (χ1) is 12.9. The van der Waals surface area contributed by atoms with E-state index in [0.717, 1.165) is 6.07 Å². The predicted molar refractivity (Wildman–Crippen MR) is 99.7 cm³/mol. The Hall–Kier alpha value is -2.67. The highest BCUT2D eigenvalue weighted by atomic mass is 35.5. The first kappa shape index (κ1) is 19.1. The van der Waals surface area contributed by atoms with Gasteiger partial charge in [-0.15, -0.1) is 0 Å². The Bertz CT molecular complexity index is 936. The van der Waals surface area contributed by atoms with Gasteiger partial charge in [0, 0.05) is 48.5 Å². The number of carbonyl (C=O) groups is 2. The van der Waals surface area contributed by atoms with Gasteiger partial charge in [0.15, 0.2) is 0 Å². The van der Waals surface area contributed by atoms with Crippen LogP contribution in [0.3, 0.4) is 0 Å². The SMILES string of the molecule is CCc1cc(C(=O)N2CCN(C(=O)c3ccc(Cl)cc3F)CC2)cc(=O)[nH]1. The van der Waals surface area contributed by atoms with Crippen LogP contribution in [0, 0.1) is 5.82 Å². The molecular formula is C19H19ClFN3O3. The number of rotatable bonds is 3. The average Bonchev–Trinajstić information content (AvgIpc) is 2.66. The molecular weight excluding hydrogens is 373 g/mol. The molecule has 1 aromatic heterocycles. The number of aromatic nitrogens is 1. The first-order valence-corrected chi connectivity index (χ1v) is 9.03. The maximum Gasteiger partial charge on any atom is 0.256 e. The second-order valence-electron chi connectivity index (χ2n) is 6.32. The van der Waals surface area contributed by atoms with Crippen molar-refractivity contribution in [2.75, 3.05) is 26.2 Å². The molecule has 0 radical (unpaired) electrons. The minimum Gasteiger partial charge on any atom is -0.335 e. The maximum absolute atomic E-state index is 14.0. The van der Waals surface area contributed by atoms with Gasteiger partial charge < -0.3 is 14.8 Å². The summed E-state index contributed by atoms with van der Waals surface area (Å²) in [5, 5.41) is 0.226.